The molecule has 0 bridgehead atoms. The molecule has 1 heterocycles. The maximum absolute atomic E-state index is 12.5. The van der Waals surface area contributed by atoms with Gasteiger partial charge in [0.1, 0.15) is 0 Å². The third kappa shape index (κ3) is 4.91. The number of carbonyl (C=O) groups is 1. The molecule has 2 aromatic rings. The van der Waals surface area contributed by atoms with Gasteiger partial charge in [0, 0.05) is 36.6 Å². The molecule has 6 nitrogen and oxygen atoms in total. The van der Waals surface area contributed by atoms with Crippen molar-refractivity contribution < 1.29 is 13.2 Å². The van der Waals surface area contributed by atoms with E-state index in [0.29, 0.717) is 17.8 Å². The first-order chi connectivity index (χ1) is 13.4. The molecule has 0 aliphatic carbocycles. The fourth-order valence-electron chi connectivity index (χ4n) is 3.30. The van der Waals surface area contributed by atoms with E-state index in [-0.39, 0.29) is 10.8 Å². The van der Waals surface area contributed by atoms with Gasteiger partial charge in [-0.15, -0.1) is 0 Å². The summed E-state index contributed by atoms with van der Waals surface area (Å²) >= 11 is 0. The highest BCUT2D eigenvalue weighted by atomic mass is 32.2. The van der Waals surface area contributed by atoms with E-state index in [0.717, 1.165) is 24.7 Å². The highest BCUT2D eigenvalue weighted by molar-refractivity contribution is 7.89. The fourth-order valence-corrected chi connectivity index (χ4v) is 4.39. The zero-order valence-electron chi connectivity index (χ0n) is 16.3. The number of sulfonamides is 1. The summed E-state index contributed by atoms with van der Waals surface area (Å²) in [6.07, 6.45) is 2.40. The van der Waals surface area contributed by atoms with Crippen LogP contribution in [0.4, 0.5) is 11.4 Å². The highest BCUT2D eigenvalue weighted by Gasteiger charge is 2.17. The smallest absolute Gasteiger partial charge is 0.255 e. The van der Waals surface area contributed by atoms with Crippen LogP contribution in [0, 0.1) is 5.92 Å². The Hall–Kier alpha value is -2.38. The summed E-state index contributed by atoms with van der Waals surface area (Å²) in [5.41, 5.74) is 2.13. The number of carbonyl (C=O) groups excluding carboxylic acids is 1. The van der Waals surface area contributed by atoms with Gasteiger partial charge in [-0.2, -0.15) is 0 Å². The van der Waals surface area contributed by atoms with E-state index in [9.17, 15) is 13.2 Å². The molecule has 0 unspecified atom stereocenters. The predicted molar refractivity (Wildman–Crippen MR) is 112 cm³/mol. The third-order valence-corrected chi connectivity index (χ3v) is 6.56. The van der Waals surface area contributed by atoms with Crippen molar-refractivity contribution in [3.63, 3.8) is 0 Å². The molecule has 7 heteroatoms. The predicted octanol–water partition coefficient (Wildman–Crippen LogP) is 3.47. The number of nitrogens with zero attached hydrogens (tertiary/aromatic N) is 1. The van der Waals surface area contributed by atoms with Crippen LogP contribution in [0.1, 0.15) is 37.0 Å². The molecule has 0 saturated carbocycles. The first kappa shape index (κ1) is 20.4. The summed E-state index contributed by atoms with van der Waals surface area (Å²) in [4.78, 5) is 15.0. The molecule has 28 heavy (non-hydrogen) atoms. The van der Waals surface area contributed by atoms with Gasteiger partial charge in [0.15, 0.2) is 0 Å². The van der Waals surface area contributed by atoms with Gasteiger partial charge in [-0.1, -0.05) is 19.9 Å². The van der Waals surface area contributed by atoms with Crippen LogP contribution < -0.4 is 14.9 Å². The normalized spacial score (nSPS) is 15.4. The lowest BCUT2D eigenvalue weighted by atomic mass is 9.99. The van der Waals surface area contributed by atoms with E-state index in [4.69, 9.17) is 0 Å². The number of amides is 1. The summed E-state index contributed by atoms with van der Waals surface area (Å²) in [5, 5.41) is 2.83. The van der Waals surface area contributed by atoms with Gasteiger partial charge >= 0.3 is 0 Å². The minimum Gasteiger partial charge on any atom is -0.372 e. The summed E-state index contributed by atoms with van der Waals surface area (Å²) in [6, 6.07) is 13.8. The van der Waals surface area contributed by atoms with Crippen molar-refractivity contribution in [2.45, 2.75) is 31.6 Å². The summed E-state index contributed by atoms with van der Waals surface area (Å²) in [7, 11) is -3.60. The number of anilines is 2. The van der Waals surface area contributed by atoms with Gasteiger partial charge < -0.3 is 10.2 Å². The van der Waals surface area contributed by atoms with Crippen molar-refractivity contribution in [1.82, 2.24) is 4.72 Å². The van der Waals surface area contributed by atoms with Crippen molar-refractivity contribution >= 4 is 27.3 Å². The van der Waals surface area contributed by atoms with Crippen LogP contribution in [0.25, 0.3) is 0 Å². The average molecular weight is 402 g/mol. The Kier molecular flexibility index (Phi) is 6.36. The van der Waals surface area contributed by atoms with Gasteiger partial charge in [0.05, 0.1) is 4.90 Å². The Morgan fingerprint density at radius 3 is 2.43 bits per heavy atom. The van der Waals surface area contributed by atoms with Crippen LogP contribution in [0.3, 0.4) is 0 Å². The lowest BCUT2D eigenvalue weighted by Crippen LogP contribution is -2.32. The van der Waals surface area contributed by atoms with Crippen LogP contribution in [-0.2, 0) is 10.0 Å². The molecule has 2 aromatic carbocycles. The molecule has 1 amide bonds. The van der Waals surface area contributed by atoms with Gasteiger partial charge in [-0.3, -0.25) is 4.79 Å². The van der Waals surface area contributed by atoms with Crippen LogP contribution in [-0.4, -0.2) is 34.0 Å². The molecule has 1 aliphatic heterocycles. The number of piperidine rings is 1. The molecule has 2 N–H and O–H groups in total. The number of hydrogen-bond donors (Lipinski definition) is 2. The van der Waals surface area contributed by atoms with E-state index in [2.05, 4.69) is 21.9 Å². The van der Waals surface area contributed by atoms with E-state index in [1.807, 2.05) is 24.3 Å². The molecule has 0 atom stereocenters. The van der Waals surface area contributed by atoms with Crippen molar-refractivity contribution in [3.8, 4) is 0 Å². The summed E-state index contributed by atoms with van der Waals surface area (Å²) < 4.78 is 26.7. The number of benzene rings is 2. The number of nitrogens with one attached hydrogen (secondary N) is 2. The zero-order valence-corrected chi connectivity index (χ0v) is 17.1. The summed E-state index contributed by atoms with van der Waals surface area (Å²) in [6.45, 7) is 6.40. The lowest BCUT2D eigenvalue weighted by Gasteiger charge is -2.32. The first-order valence-corrected chi connectivity index (χ1v) is 11.1. The molecule has 0 radical (unpaired) electrons. The maximum Gasteiger partial charge on any atom is 0.255 e. The molecule has 150 valence electrons. The Morgan fingerprint density at radius 2 is 1.79 bits per heavy atom. The van der Waals surface area contributed by atoms with E-state index in [1.54, 1.807) is 19.1 Å². The minimum absolute atomic E-state index is 0.0803. The second-order valence-electron chi connectivity index (χ2n) is 7.20. The molecule has 0 aromatic heterocycles. The van der Waals surface area contributed by atoms with Crippen molar-refractivity contribution in [3.05, 3.63) is 54.1 Å². The van der Waals surface area contributed by atoms with E-state index in [1.165, 1.54) is 25.0 Å². The quantitative estimate of drug-likeness (QED) is 0.777. The van der Waals surface area contributed by atoms with Crippen LogP contribution in [0.5, 0.6) is 0 Å². The summed E-state index contributed by atoms with van der Waals surface area (Å²) in [5.74, 6) is 0.440. The zero-order chi connectivity index (χ0) is 20.1. The second-order valence-corrected chi connectivity index (χ2v) is 8.97. The lowest BCUT2D eigenvalue weighted by molar-refractivity contribution is 0.102. The van der Waals surface area contributed by atoms with Crippen molar-refractivity contribution in [2.24, 2.45) is 5.92 Å². The third-order valence-electron chi connectivity index (χ3n) is 5.01. The monoisotopic (exact) mass is 401 g/mol. The van der Waals surface area contributed by atoms with Crippen molar-refractivity contribution in [1.29, 1.82) is 0 Å². The Morgan fingerprint density at radius 1 is 1.11 bits per heavy atom. The van der Waals surface area contributed by atoms with Gasteiger partial charge in [-0.25, -0.2) is 13.1 Å². The molecule has 0 spiro atoms. The van der Waals surface area contributed by atoms with E-state index < -0.39 is 10.0 Å². The first-order valence-electron chi connectivity index (χ1n) is 9.65. The standard InChI is InChI=1S/C21H27N3O3S/c1-3-22-28(26,27)20-6-4-5-17(15-20)21(25)23-18-7-9-19(10-8-18)24-13-11-16(2)12-14-24/h4-10,15-16,22H,3,11-14H2,1-2H3,(H,23,25). The molecular weight excluding hydrogens is 374 g/mol. The van der Waals surface area contributed by atoms with Crippen LogP contribution >= 0.6 is 0 Å². The number of hydrogen-bond acceptors (Lipinski definition) is 4. The second kappa shape index (κ2) is 8.75. The van der Waals surface area contributed by atoms with Gasteiger partial charge in [0.25, 0.3) is 5.91 Å². The van der Waals surface area contributed by atoms with Gasteiger partial charge in [-0.05, 0) is 61.2 Å². The highest BCUT2D eigenvalue weighted by Crippen LogP contribution is 2.24. The van der Waals surface area contributed by atoms with Gasteiger partial charge in [0.2, 0.25) is 10.0 Å². The topological polar surface area (TPSA) is 78.5 Å². The largest absolute Gasteiger partial charge is 0.372 e. The van der Waals surface area contributed by atoms with E-state index >= 15 is 0 Å². The average Bonchev–Trinajstić information content (AvgIpc) is 2.69. The molecule has 1 fully saturated rings. The molecule has 1 saturated heterocycles. The Labute approximate surface area is 167 Å². The van der Waals surface area contributed by atoms with Crippen LogP contribution in [0.2, 0.25) is 0 Å². The Balaban J connectivity index is 1.68. The maximum atomic E-state index is 12.5. The fraction of sp³-hybridized carbons (Fsp3) is 0.381. The molecule has 3 rings (SSSR count). The van der Waals surface area contributed by atoms with Crippen LogP contribution in [0.15, 0.2) is 53.4 Å². The molecule has 1 aliphatic rings. The SMILES string of the molecule is CCNS(=O)(=O)c1cccc(C(=O)Nc2ccc(N3CCC(C)CC3)cc2)c1. The number of rotatable bonds is 6. The minimum atomic E-state index is -3.60. The Bertz CT molecular complexity index is 918. The molecular formula is C21H27N3O3S. The van der Waals surface area contributed by atoms with Crippen molar-refractivity contribution in [2.75, 3.05) is 29.9 Å².